The van der Waals surface area contributed by atoms with Crippen LogP contribution >= 0.6 is 0 Å². The van der Waals surface area contributed by atoms with Crippen molar-refractivity contribution in [3.05, 3.63) is 29.3 Å². The number of carbonyl (C=O) groups excluding carboxylic acids is 1. The van der Waals surface area contributed by atoms with Crippen molar-refractivity contribution in [2.24, 2.45) is 0 Å². The van der Waals surface area contributed by atoms with Crippen LogP contribution < -0.4 is 10.6 Å². The molecule has 2 aliphatic rings. The first kappa shape index (κ1) is 14.5. The van der Waals surface area contributed by atoms with E-state index >= 15 is 0 Å². The SMILES string of the molecule is O=C(Nc1ccc2c(c1)CNCC2)C1CCCCS1(=O)=O. The largest absolute Gasteiger partial charge is 0.325 e. The molecule has 0 bridgehead atoms. The van der Waals surface area contributed by atoms with Crippen LogP contribution in [0.3, 0.4) is 0 Å². The summed E-state index contributed by atoms with van der Waals surface area (Å²) < 4.78 is 24.0. The summed E-state index contributed by atoms with van der Waals surface area (Å²) in [7, 11) is -3.28. The summed E-state index contributed by atoms with van der Waals surface area (Å²) >= 11 is 0. The van der Waals surface area contributed by atoms with Crippen LogP contribution in [0.1, 0.15) is 30.4 Å². The van der Waals surface area contributed by atoms with Crippen molar-refractivity contribution in [2.45, 2.75) is 37.5 Å². The molecule has 0 aromatic heterocycles. The molecule has 1 amide bonds. The van der Waals surface area contributed by atoms with Gasteiger partial charge in [-0.2, -0.15) is 0 Å². The highest BCUT2D eigenvalue weighted by Crippen LogP contribution is 2.23. The van der Waals surface area contributed by atoms with Gasteiger partial charge in [-0.05, 0) is 49.1 Å². The first-order chi connectivity index (χ1) is 10.1. The summed E-state index contributed by atoms with van der Waals surface area (Å²) in [6.45, 7) is 1.76. The van der Waals surface area contributed by atoms with E-state index in [4.69, 9.17) is 0 Å². The number of anilines is 1. The summed E-state index contributed by atoms with van der Waals surface area (Å²) in [5.41, 5.74) is 3.14. The van der Waals surface area contributed by atoms with Crippen molar-refractivity contribution >= 4 is 21.4 Å². The lowest BCUT2D eigenvalue weighted by atomic mass is 10.0. The predicted octanol–water partition coefficient (Wildman–Crippen LogP) is 1.24. The van der Waals surface area contributed by atoms with Gasteiger partial charge in [0.1, 0.15) is 5.25 Å². The Labute approximate surface area is 125 Å². The fourth-order valence-electron chi connectivity index (χ4n) is 3.03. The van der Waals surface area contributed by atoms with E-state index in [2.05, 4.69) is 10.6 Å². The van der Waals surface area contributed by atoms with E-state index in [-0.39, 0.29) is 5.75 Å². The minimum Gasteiger partial charge on any atom is -0.325 e. The number of carbonyl (C=O) groups is 1. The third-order valence-corrected chi connectivity index (χ3v) is 6.41. The van der Waals surface area contributed by atoms with Gasteiger partial charge in [0.2, 0.25) is 5.91 Å². The van der Waals surface area contributed by atoms with Crippen LogP contribution in [0, 0.1) is 0 Å². The zero-order valence-electron chi connectivity index (χ0n) is 11.9. The van der Waals surface area contributed by atoms with Crippen molar-refractivity contribution in [2.75, 3.05) is 17.6 Å². The van der Waals surface area contributed by atoms with Gasteiger partial charge in [0.05, 0.1) is 5.75 Å². The van der Waals surface area contributed by atoms with E-state index in [1.807, 2.05) is 18.2 Å². The number of fused-ring (bicyclic) bond motifs is 1. The Morgan fingerprint density at radius 1 is 1.24 bits per heavy atom. The van der Waals surface area contributed by atoms with Gasteiger partial charge in [-0.1, -0.05) is 12.5 Å². The molecule has 6 heteroatoms. The van der Waals surface area contributed by atoms with Crippen molar-refractivity contribution in [3.8, 4) is 0 Å². The molecule has 21 heavy (non-hydrogen) atoms. The van der Waals surface area contributed by atoms with E-state index in [0.29, 0.717) is 18.5 Å². The molecular weight excluding hydrogens is 288 g/mol. The van der Waals surface area contributed by atoms with Gasteiger partial charge in [-0.3, -0.25) is 4.79 Å². The molecule has 1 fully saturated rings. The molecule has 0 radical (unpaired) electrons. The standard InChI is InChI=1S/C15H20N2O3S/c18-15(14-3-1-2-8-21(14,19)20)17-13-5-4-11-6-7-16-10-12(11)9-13/h4-5,9,14,16H,1-3,6-8,10H2,(H,17,18). The zero-order valence-corrected chi connectivity index (χ0v) is 12.7. The smallest absolute Gasteiger partial charge is 0.242 e. The molecule has 0 spiro atoms. The lowest BCUT2D eigenvalue weighted by Crippen LogP contribution is -2.39. The fourth-order valence-corrected chi connectivity index (χ4v) is 4.83. The highest BCUT2D eigenvalue weighted by Gasteiger charge is 2.34. The van der Waals surface area contributed by atoms with Crippen LogP contribution in [0.15, 0.2) is 18.2 Å². The first-order valence-corrected chi connectivity index (χ1v) is 9.13. The summed E-state index contributed by atoms with van der Waals surface area (Å²) in [5.74, 6) is -0.266. The minimum absolute atomic E-state index is 0.124. The van der Waals surface area contributed by atoms with Gasteiger partial charge in [-0.25, -0.2) is 8.42 Å². The summed E-state index contributed by atoms with van der Waals surface area (Å²) in [6, 6.07) is 5.81. The molecule has 114 valence electrons. The number of nitrogens with one attached hydrogen (secondary N) is 2. The molecule has 1 atom stereocenters. The Kier molecular flexibility index (Phi) is 3.99. The van der Waals surface area contributed by atoms with Gasteiger partial charge in [0, 0.05) is 12.2 Å². The van der Waals surface area contributed by atoms with Crippen LogP contribution in [0.4, 0.5) is 5.69 Å². The van der Waals surface area contributed by atoms with E-state index in [0.717, 1.165) is 25.9 Å². The molecule has 0 aliphatic carbocycles. The van der Waals surface area contributed by atoms with E-state index in [1.165, 1.54) is 11.1 Å². The van der Waals surface area contributed by atoms with Crippen molar-refractivity contribution in [3.63, 3.8) is 0 Å². The molecule has 2 heterocycles. The molecule has 1 unspecified atom stereocenters. The van der Waals surface area contributed by atoms with E-state index in [1.54, 1.807) is 0 Å². The second-order valence-corrected chi connectivity index (χ2v) is 8.05. The third kappa shape index (κ3) is 3.11. The Balaban J connectivity index is 1.75. The number of amides is 1. The Morgan fingerprint density at radius 3 is 2.90 bits per heavy atom. The van der Waals surface area contributed by atoms with Crippen LogP contribution in [0.5, 0.6) is 0 Å². The van der Waals surface area contributed by atoms with E-state index in [9.17, 15) is 13.2 Å². The number of benzene rings is 1. The van der Waals surface area contributed by atoms with Crippen molar-refractivity contribution in [1.29, 1.82) is 0 Å². The Hall–Kier alpha value is -1.40. The van der Waals surface area contributed by atoms with Gasteiger partial charge in [-0.15, -0.1) is 0 Å². The van der Waals surface area contributed by atoms with Crippen LogP contribution in [-0.4, -0.2) is 31.9 Å². The summed E-state index contributed by atoms with van der Waals surface area (Å²) in [5, 5.41) is 5.17. The first-order valence-electron chi connectivity index (χ1n) is 7.41. The molecule has 3 rings (SSSR count). The maximum Gasteiger partial charge on any atom is 0.242 e. The molecule has 2 N–H and O–H groups in total. The molecule has 2 aliphatic heterocycles. The minimum atomic E-state index is -3.28. The quantitative estimate of drug-likeness (QED) is 0.862. The van der Waals surface area contributed by atoms with Crippen LogP contribution in [-0.2, 0) is 27.6 Å². The molecule has 1 saturated heterocycles. The van der Waals surface area contributed by atoms with Crippen molar-refractivity contribution < 1.29 is 13.2 Å². The number of hydrogen-bond donors (Lipinski definition) is 2. The van der Waals surface area contributed by atoms with Gasteiger partial charge in [0.25, 0.3) is 0 Å². The number of hydrogen-bond acceptors (Lipinski definition) is 4. The lowest BCUT2D eigenvalue weighted by Gasteiger charge is -2.22. The third-order valence-electron chi connectivity index (χ3n) is 4.23. The lowest BCUT2D eigenvalue weighted by molar-refractivity contribution is -0.116. The van der Waals surface area contributed by atoms with Gasteiger partial charge >= 0.3 is 0 Å². The maximum absolute atomic E-state index is 12.2. The van der Waals surface area contributed by atoms with Crippen molar-refractivity contribution in [1.82, 2.24) is 5.32 Å². The molecular formula is C15H20N2O3S. The summed E-state index contributed by atoms with van der Waals surface area (Å²) in [6.07, 6.45) is 2.88. The van der Waals surface area contributed by atoms with Crippen LogP contribution in [0.25, 0.3) is 0 Å². The fraction of sp³-hybridized carbons (Fsp3) is 0.533. The average Bonchev–Trinajstić information content (AvgIpc) is 2.46. The summed E-state index contributed by atoms with van der Waals surface area (Å²) in [4.78, 5) is 12.2. The topological polar surface area (TPSA) is 75.3 Å². The number of rotatable bonds is 2. The van der Waals surface area contributed by atoms with Gasteiger partial charge in [0.15, 0.2) is 9.84 Å². The Morgan fingerprint density at radius 2 is 2.10 bits per heavy atom. The predicted molar refractivity (Wildman–Crippen MR) is 81.9 cm³/mol. The number of sulfone groups is 1. The maximum atomic E-state index is 12.2. The van der Waals surface area contributed by atoms with E-state index < -0.39 is 21.0 Å². The molecule has 1 aromatic carbocycles. The molecule has 1 aromatic rings. The highest BCUT2D eigenvalue weighted by atomic mass is 32.2. The Bertz CT molecular complexity index is 655. The normalized spacial score (nSPS) is 24.1. The highest BCUT2D eigenvalue weighted by molar-refractivity contribution is 7.92. The van der Waals surface area contributed by atoms with Crippen LogP contribution in [0.2, 0.25) is 0 Å². The molecule has 5 nitrogen and oxygen atoms in total. The molecule has 0 saturated carbocycles. The zero-order chi connectivity index (χ0) is 14.9. The second-order valence-electron chi connectivity index (χ2n) is 5.75. The average molecular weight is 308 g/mol. The monoisotopic (exact) mass is 308 g/mol. The second kappa shape index (κ2) is 5.77. The van der Waals surface area contributed by atoms with Gasteiger partial charge < -0.3 is 10.6 Å².